The number of carbonyl (C=O) groups is 2. The molecule has 0 aliphatic rings. The van der Waals surface area contributed by atoms with E-state index in [0.29, 0.717) is 12.0 Å². The number of carbonyl (C=O) groups excluding carboxylic acids is 2. The molecule has 0 aliphatic carbocycles. The lowest BCUT2D eigenvalue weighted by Gasteiger charge is -2.12. The topological polar surface area (TPSA) is 98.6 Å². The van der Waals surface area contributed by atoms with Gasteiger partial charge in [-0.05, 0) is 13.3 Å². The highest BCUT2D eigenvalue weighted by molar-refractivity contribution is 5.94. The van der Waals surface area contributed by atoms with Crippen LogP contribution in [0.15, 0.2) is 12.3 Å². The van der Waals surface area contributed by atoms with Crippen LogP contribution in [0.1, 0.15) is 25.8 Å². The highest BCUT2D eigenvalue weighted by atomic mass is 16.6. The van der Waals surface area contributed by atoms with Gasteiger partial charge in [-0.3, -0.25) is 9.59 Å². The van der Waals surface area contributed by atoms with Crippen molar-refractivity contribution in [3.63, 3.8) is 0 Å². The van der Waals surface area contributed by atoms with Gasteiger partial charge in [0, 0.05) is 11.6 Å². The minimum Gasteiger partial charge on any atom is -0.492 e. The molecule has 7 heteroatoms. The van der Waals surface area contributed by atoms with Crippen molar-refractivity contribution in [2.24, 2.45) is 5.92 Å². The molecular weight excluding hydrogens is 252 g/mol. The molecule has 0 aromatic carbocycles. The van der Waals surface area contributed by atoms with E-state index in [1.807, 2.05) is 0 Å². The first kappa shape index (κ1) is 14.9. The molecule has 7 nitrogen and oxygen atoms in total. The molecule has 0 aliphatic heterocycles. The van der Waals surface area contributed by atoms with Gasteiger partial charge < -0.3 is 14.6 Å². The molecule has 0 spiro atoms. The Kier molecular flexibility index (Phi) is 5.72. The van der Waals surface area contributed by atoms with E-state index in [2.05, 4.69) is 10.2 Å². The van der Waals surface area contributed by atoms with E-state index in [9.17, 15) is 9.59 Å². The number of hydrogen-bond donors (Lipinski definition) is 1. The van der Waals surface area contributed by atoms with Crippen molar-refractivity contribution < 1.29 is 24.2 Å². The van der Waals surface area contributed by atoms with E-state index < -0.39 is 17.9 Å². The maximum absolute atomic E-state index is 11.7. The molecule has 0 saturated heterocycles. The number of aromatic nitrogens is 2. The van der Waals surface area contributed by atoms with Crippen molar-refractivity contribution in [3.05, 3.63) is 17.8 Å². The minimum absolute atomic E-state index is 0.0855. The van der Waals surface area contributed by atoms with E-state index in [1.165, 1.54) is 12.3 Å². The predicted molar refractivity (Wildman–Crippen MR) is 63.9 cm³/mol. The van der Waals surface area contributed by atoms with Gasteiger partial charge in [0.2, 0.25) is 5.88 Å². The number of nitrogens with zero attached hydrogens (tertiary/aromatic N) is 2. The largest absolute Gasteiger partial charge is 0.492 e. The van der Waals surface area contributed by atoms with Crippen molar-refractivity contribution >= 4 is 11.9 Å². The summed E-state index contributed by atoms with van der Waals surface area (Å²) in [5.74, 6) is -2.43. The molecule has 1 rings (SSSR count). The molecule has 104 valence electrons. The molecule has 1 heterocycles. The molecule has 19 heavy (non-hydrogen) atoms. The fourth-order valence-electron chi connectivity index (χ4n) is 1.40. The summed E-state index contributed by atoms with van der Waals surface area (Å²) >= 11 is 0. The Morgan fingerprint density at radius 2 is 2.00 bits per heavy atom. The number of ether oxygens (including phenoxy) is 2. The SMILES string of the molecule is CCOC(=O)C(CC)C(=O)OCc1cnnc(O)c1. The van der Waals surface area contributed by atoms with Gasteiger partial charge >= 0.3 is 11.9 Å². The van der Waals surface area contributed by atoms with Crippen molar-refractivity contribution in [1.82, 2.24) is 10.2 Å². The van der Waals surface area contributed by atoms with Crippen molar-refractivity contribution in [2.45, 2.75) is 26.9 Å². The van der Waals surface area contributed by atoms with Crippen LogP contribution in [-0.2, 0) is 25.7 Å². The summed E-state index contributed by atoms with van der Waals surface area (Å²) in [4.78, 5) is 23.2. The van der Waals surface area contributed by atoms with Crippen LogP contribution in [-0.4, -0.2) is 33.8 Å². The Morgan fingerprint density at radius 1 is 1.32 bits per heavy atom. The second-order valence-electron chi connectivity index (χ2n) is 3.74. The lowest BCUT2D eigenvalue weighted by atomic mass is 10.1. The van der Waals surface area contributed by atoms with Crippen molar-refractivity contribution in [1.29, 1.82) is 0 Å². The number of aromatic hydroxyl groups is 1. The number of esters is 2. The minimum atomic E-state index is -0.927. The van der Waals surface area contributed by atoms with E-state index in [0.717, 1.165) is 0 Å². The zero-order chi connectivity index (χ0) is 14.3. The molecule has 1 atom stereocenters. The number of hydrogen-bond acceptors (Lipinski definition) is 7. The average molecular weight is 268 g/mol. The van der Waals surface area contributed by atoms with Crippen LogP contribution in [0.5, 0.6) is 5.88 Å². The van der Waals surface area contributed by atoms with Crippen LogP contribution in [0, 0.1) is 5.92 Å². The first-order valence-corrected chi connectivity index (χ1v) is 5.92. The second kappa shape index (κ2) is 7.30. The van der Waals surface area contributed by atoms with Crippen LogP contribution in [0.2, 0.25) is 0 Å². The molecule has 1 aromatic rings. The molecule has 0 bridgehead atoms. The van der Waals surface area contributed by atoms with Crippen LogP contribution in [0.4, 0.5) is 0 Å². The van der Waals surface area contributed by atoms with Gasteiger partial charge in [0.25, 0.3) is 0 Å². The standard InChI is InChI=1S/C12H16N2O5/c1-3-9(11(16)18-4-2)12(17)19-7-8-5-10(15)14-13-6-8/h5-6,9H,3-4,7H2,1-2H3,(H,14,15). The van der Waals surface area contributed by atoms with Crippen molar-refractivity contribution in [3.8, 4) is 5.88 Å². The number of rotatable bonds is 6. The first-order valence-electron chi connectivity index (χ1n) is 5.92. The molecule has 0 fully saturated rings. The molecule has 0 amide bonds. The smallest absolute Gasteiger partial charge is 0.320 e. The van der Waals surface area contributed by atoms with E-state index in [-0.39, 0.29) is 19.1 Å². The maximum Gasteiger partial charge on any atom is 0.320 e. The highest BCUT2D eigenvalue weighted by Crippen LogP contribution is 2.11. The van der Waals surface area contributed by atoms with E-state index in [1.54, 1.807) is 13.8 Å². The monoisotopic (exact) mass is 268 g/mol. The Bertz CT molecular complexity index is 450. The molecular formula is C12H16N2O5. The Morgan fingerprint density at radius 3 is 2.58 bits per heavy atom. The zero-order valence-corrected chi connectivity index (χ0v) is 10.8. The molecule has 0 saturated carbocycles. The predicted octanol–water partition coefficient (Wildman–Crippen LogP) is 0.815. The van der Waals surface area contributed by atoms with Crippen LogP contribution < -0.4 is 0 Å². The third-order valence-electron chi connectivity index (χ3n) is 2.34. The highest BCUT2D eigenvalue weighted by Gasteiger charge is 2.27. The third-order valence-corrected chi connectivity index (χ3v) is 2.34. The van der Waals surface area contributed by atoms with E-state index in [4.69, 9.17) is 14.6 Å². The second-order valence-corrected chi connectivity index (χ2v) is 3.74. The Balaban J connectivity index is 2.56. The van der Waals surface area contributed by atoms with Gasteiger partial charge in [-0.15, -0.1) is 5.10 Å². The summed E-state index contributed by atoms with van der Waals surface area (Å²) in [5.41, 5.74) is 0.486. The van der Waals surface area contributed by atoms with Crippen LogP contribution in [0.25, 0.3) is 0 Å². The van der Waals surface area contributed by atoms with Gasteiger partial charge in [-0.2, -0.15) is 5.10 Å². The molecule has 0 radical (unpaired) electrons. The van der Waals surface area contributed by atoms with Gasteiger partial charge in [-0.25, -0.2) is 0 Å². The summed E-state index contributed by atoms with van der Waals surface area (Å²) in [7, 11) is 0. The Hall–Kier alpha value is -2.18. The molecule has 1 unspecified atom stereocenters. The normalized spacial score (nSPS) is 11.7. The average Bonchev–Trinajstić information content (AvgIpc) is 2.37. The zero-order valence-electron chi connectivity index (χ0n) is 10.8. The fraction of sp³-hybridized carbons (Fsp3) is 0.500. The lowest BCUT2D eigenvalue weighted by molar-refractivity contribution is -0.162. The lowest BCUT2D eigenvalue weighted by Crippen LogP contribution is -2.27. The van der Waals surface area contributed by atoms with Gasteiger partial charge in [0.05, 0.1) is 12.8 Å². The van der Waals surface area contributed by atoms with Gasteiger partial charge in [0.1, 0.15) is 6.61 Å². The summed E-state index contributed by atoms with van der Waals surface area (Å²) in [6.07, 6.45) is 1.66. The Labute approximate surface area is 110 Å². The summed E-state index contributed by atoms with van der Waals surface area (Å²) in [5, 5.41) is 16.0. The first-order chi connectivity index (χ1) is 9.08. The van der Waals surface area contributed by atoms with Crippen LogP contribution >= 0.6 is 0 Å². The van der Waals surface area contributed by atoms with Crippen LogP contribution in [0.3, 0.4) is 0 Å². The summed E-state index contributed by atoms with van der Waals surface area (Å²) in [6.45, 7) is 3.49. The van der Waals surface area contributed by atoms with Gasteiger partial charge in [0.15, 0.2) is 5.92 Å². The third kappa shape index (κ3) is 4.53. The maximum atomic E-state index is 11.7. The molecule has 1 aromatic heterocycles. The summed E-state index contributed by atoms with van der Waals surface area (Å²) in [6, 6.07) is 1.32. The summed E-state index contributed by atoms with van der Waals surface area (Å²) < 4.78 is 9.77. The van der Waals surface area contributed by atoms with Gasteiger partial charge in [-0.1, -0.05) is 6.92 Å². The fourth-order valence-corrected chi connectivity index (χ4v) is 1.40. The quantitative estimate of drug-likeness (QED) is 0.602. The molecule has 1 N–H and O–H groups in total. The van der Waals surface area contributed by atoms with E-state index >= 15 is 0 Å². The van der Waals surface area contributed by atoms with Crippen molar-refractivity contribution in [2.75, 3.05) is 6.61 Å².